The van der Waals surface area contributed by atoms with Crippen LogP contribution in [0.1, 0.15) is 64.7 Å². The van der Waals surface area contributed by atoms with Gasteiger partial charge in [0.15, 0.2) is 0 Å². The fraction of sp³-hybridized carbons (Fsp3) is 1.00. The summed E-state index contributed by atoms with van der Waals surface area (Å²) >= 11 is 0. The second kappa shape index (κ2) is 9.80. The third-order valence-corrected chi connectivity index (χ3v) is 4.28. The van der Waals surface area contributed by atoms with E-state index < -0.39 is 0 Å². The fourth-order valence-corrected chi connectivity index (χ4v) is 3.17. The van der Waals surface area contributed by atoms with E-state index >= 15 is 0 Å². The first-order valence-corrected chi connectivity index (χ1v) is 8.12. The summed E-state index contributed by atoms with van der Waals surface area (Å²) in [5.41, 5.74) is 0. The highest BCUT2D eigenvalue weighted by Gasteiger charge is 2.25. The highest BCUT2D eigenvalue weighted by molar-refractivity contribution is 4.83. The van der Waals surface area contributed by atoms with Gasteiger partial charge in [0.05, 0.1) is 0 Å². The van der Waals surface area contributed by atoms with Crippen LogP contribution in [0, 0.1) is 5.92 Å². The van der Waals surface area contributed by atoms with Crippen molar-refractivity contribution in [2.24, 2.45) is 5.92 Å². The molecule has 0 radical (unpaired) electrons. The van der Waals surface area contributed by atoms with Gasteiger partial charge in [0.1, 0.15) is 0 Å². The van der Waals surface area contributed by atoms with Gasteiger partial charge in [-0.2, -0.15) is 0 Å². The van der Waals surface area contributed by atoms with E-state index in [1.807, 2.05) is 0 Å². The zero-order chi connectivity index (χ0) is 13.2. The molecular formula is C16H34N2. The second-order valence-corrected chi connectivity index (χ2v) is 6.26. The maximum atomic E-state index is 3.80. The van der Waals surface area contributed by atoms with Crippen molar-refractivity contribution in [3.05, 3.63) is 0 Å². The van der Waals surface area contributed by atoms with Gasteiger partial charge in [0.25, 0.3) is 0 Å². The Morgan fingerprint density at radius 3 is 2.61 bits per heavy atom. The normalized spacial score (nSPS) is 24.0. The van der Waals surface area contributed by atoms with Crippen LogP contribution in [0.5, 0.6) is 0 Å². The summed E-state index contributed by atoms with van der Waals surface area (Å²) in [6.07, 6.45) is 12.8. The zero-order valence-electron chi connectivity index (χ0n) is 12.9. The molecule has 2 atom stereocenters. The smallest absolute Gasteiger partial charge is 0.00953 e. The van der Waals surface area contributed by atoms with E-state index in [1.165, 1.54) is 70.9 Å². The van der Waals surface area contributed by atoms with Crippen LogP contribution in [-0.4, -0.2) is 38.1 Å². The van der Waals surface area contributed by atoms with E-state index in [0.717, 1.165) is 12.0 Å². The molecule has 1 N–H and O–H groups in total. The SMILES string of the molecule is CCCCCCC1CCCC1NCCCN(C)C. The van der Waals surface area contributed by atoms with Crippen molar-refractivity contribution in [3.63, 3.8) is 0 Å². The van der Waals surface area contributed by atoms with Crippen LogP contribution in [-0.2, 0) is 0 Å². The van der Waals surface area contributed by atoms with E-state index in [4.69, 9.17) is 0 Å². The lowest BCUT2D eigenvalue weighted by atomic mass is 9.96. The van der Waals surface area contributed by atoms with Gasteiger partial charge in [-0.25, -0.2) is 0 Å². The number of hydrogen-bond acceptors (Lipinski definition) is 2. The molecule has 2 heteroatoms. The van der Waals surface area contributed by atoms with Gasteiger partial charge >= 0.3 is 0 Å². The summed E-state index contributed by atoms with van der Waals surface area (Å²) in [5, 5.41) is 3.80. The van der Waals surface area contributed by atoms with Crippen molar-refractivity contribution in [3.8, 4) is 0 Å². The highest BCUT2D eigenvalue weighted by atomic mass is 15.1. The van der Waals surface area contributed by atoms with Gasteiger partial charge in [-0.15, -0.1) is 0 Å². The Kier molecular flexibility index (Phi) is 8.70. The molecule has 0 amide bonds. The second-order valence-electron chi connectivity index (χ2n) is 6.26. The monoisotopic (exact) mass is 254 g/mol. The van der Waals surface area contributed by atoms with Gasteiger partial charge in [-0.05, 0) is 58.8 Å². The molecule has 18 heavy (non-hydrogen) atoms. The Hall–Kier alpha value is -0.0800. The highest BCUT2D eigenvalue weighted by Crippen LogP contribution is 2.30. The summed E-state index contributed by atoms with van der Waals surface area (Å²) in [6, 6.07) is 0.828. The minimum absolute atomic E-state index is 0.828. The van der Waals surface area contributed by atoms with Crippen LogP contribution in [0.25, 0.3) is 0 Å². The molecule has 2 nitrogen and oxygen atoms in total. The number of rotatable bonds is 10. The van der Waals surface area contributed by atoms with Gasteiger partial charge < -0.3 is 10.2 Å². The standard InChI is InChI=1S/C16H34N2/c1-4-5-6-7-10-15-11-8-12-16(15)17-13-9-14-18(2)3/h15-17H,4-14H2,1-3H3. The zero-order valence-corrected chi connectivity index (χ0v) is 12.9. The number of nitrogens with one attached hydrogen (secondary N) is 1. The number of unbranched alkanes of at least 4 members (excludes halogenated alkanes) is 3. The average Bonchev–Trinajstić information content (AvgIpc) is 2.78. The fourth-order valence-electron chi connectivity index (χ4n) is 3.17. The van der Waals surface area contributed by atoms with Crippen LogP contribution in [0.2, 0.25) is 0 Å². The third-order valence-electron chi connectivity index (χ3n) is 4.28. The van der Waals surface area contributed by atoms with Crippen LogP contribution in [0.15, 0.2) is 0 Å². The van der Waals surface area contributed by atoms with Crippen molar-refractivity contribution >= 4 is 0 Å². The van der Waals surface area contributed by atoms with Gasteiger partial charge in [-0.3, -0.25) is 0 Å². The third kappa shape index (κ3) is 6.75. The quantitative estimate of drug-likeness (QED) is 0.598. The molecule has 0 heterocycles. The Morgan fingerprint density at radius 1 is 1.06 bits per heavy atom. The molecule has 0 aromatic carbocycles. The summed E-state index contributed by atoms with van der Waals surface area (Å²) in [4.78, 5) is 2.28. The van der Waals surface area contributed by atoms with E-state index in [9.17, 15) is 0 Å². The van der Waals surface area contributed by atoms with Crippen molar-refractivity contribution in [1.29, 1.82) is 0 Å². The summed E-state index contributed by atoms with van der Waals surface area (Å²) in [7, 11) is 4.32. The Bertz CT molecular complexity index is 192. The minimum atomic E-state index is 0.828. The molecule has 0 aromatic heterocycles. The van der Waals surface area contributed by atoms with E-state index in [1.54, 1.807) is 0 Å². The molecule has 1 saturated carbocycles. The lowest BCUT2D eigenvalue weighted by Gasteiger charge is -2.21. The average molecular weight is 254 g/mol. The molecule has 1 fully saturated rings. The number of hydrogen-bond donors (Lipinski definition) is 1. The molecule has 108 valence electrons. The lowest BCUT2D eigenvalue weighted by molar-refractivity contribution is 0.346. The number of nitrogens with zero attached hydrogens (tertiary/aromatic N) is 1. The first kappa shape index (κ1) is 16.0. The van der Waals surface area contributed by atoms with Crippen molar-refractivity contribution in [1.82, 2.24) is 10.2 Å². The summed E-state index contributed by atoms with van der Waals surface area (Å²) in [6.45, 7) is 4.71. The largest absolute Gasteiger partial charge is 0.314 e. The van der Waals surface area contributed by atoms with Crippen molar-refractivity contribution < 1.29 is 0 Å². The first-order chi connectivity index (χ1) is 8.74. The topological polar surface area (TPSA) is 15.3 Å². The van der Waals surface area contributed by atoms with Crippen LogP contribution in [0.3, 0.4) is 0 Å². The minimum Gasteiger partial charge on any atom is -0.314 e. The van der Waals surface area contributed by atoms with E-state index in [0.29, 0.717) is 0 Å². The molecule has 1 aliphatic rings. The molecule has 0 aromatic rings. The maximum Gasteiger partial charge on any atom is 0.00953 e. The van der Waals surface area contributed by atoms with Crippen LogP contribution in [0.4, 0.5) is 0 Å². The summed E-state index contributed by atoms with van der Waals surface area (Å²) < 4.78 is 0. The van der Waals surface area contributed by atoms with Crippen molar-refractivity contribution in [2.75, 3.05) is 27.2 Å². The molecule has 2 unspecified atom stereocenters. The molecule has 1 aliphatic carbocycles. The van der Waals surface area contributed by atoms with Gasteiger partial charge in [0.2, 0.25) is 0 Å². The molecular weight excluding hydrogens is 220 g/mol. The molecule has 0 spiro atoms. The van der Waals surface area contributed by atoms with E-state index in [-0.39, 0.29) is 0 Å². The molecule has 0 bridgehead atoms. The molecule has 0 aliphatic heterocycles. The predicted molar refractivity (Wildman–Crippen MR) is 81.1 cm³/mol. The maximum absolute atomic E-state index is 3.80. The summed E-state index contributed by atoms with van der Waals surface area (Å²) in [5.74, 6) is 0.973. The molecule has 0 saturated heterocycles. The Morgan fingerprint density at radius 2 is 1.89 bits per heavy atom. The van der Waals surface area contributed by atoms with Crippen LogP contribution < -0.4 is 5.32 Å². The lowest BCUT2D eigenvalue weighted by Crippen LogP contribution is -2.34. The Labute approximate surface area is 115 Å². The van der Waals surface area contributed by atoms with Crippen molar-refractivity contribution in [2.45, 2.75) is 70.8 Å². The van der Waals surface area contributed by atoms with Gasteiger partial charge in [-0.1, -0.05) is 39.0 Å². The first-order valence-electron chi connectivity index (χ1n) is 8.12. The van der Waals surface area contributed by atoms with Crippen LogP contribution >= 0.6 is 0 Å². The predicted octanol–water partition coefficient (Wildman–Crippen LogP) is 3.67. The Balaban J connectivity index is 2.07. The molecule has 1 rings (SSSR count). The van der Waals surface area contributed by atoms with Gasteiger partial charge in [0, 0.05) is 6.04 Å². The van der Waals surface area contributed by atoms with E-state index in [2.05, 4.69) is 31.2 Å².